The standard InChI is InChI=1S/C17H16N6O2.2C2HF3O2/c24-17(13-4-3-6-18-10-13)22-8-9-23-15(11-22)14(20-21-23)12-25-16-5-1-2-7-19-16;2*3-2(4,5)1(6)7/h1-7,10H,8-9,11-12H2;2*(H,6,7). The van der Waals surface area contributed by atoms with Gasteiger partial charge >= 0.3 is 24.3 Å². The topological polar surface area (TPSA) is 161 Å². The Morgan fingerprint density at radius 3 is 2.08 bits per heavy atom. The summed E-state index contributed by atoms with van der Waals surface area (Å²) in [5.74, 6) is -5.03. The first-order chi connectivity index (χ1) is 18.2. The van der Waals surface area contributed by atoms with Crippen molar-refractivity contribution in [2.24, 2.45) is 0 Å². The van der Waals surface area contributed by atoms with Gasteiger partial charge in [0.15, 0.2) is 0 Å². The summed E-state index contributed by atoms with van der Waals surface area (Å²) in [5.41, 5.74) is 2.18. The van der Waals surface area contributed by atoms with E-state index in [0.717, 1.165) is 5.69 Å². The van der Waals surface area contributed by atoms with Gasteiger partial charge in [0.1, 0.15) is 12.3 Å². The molecule has 0 unspecified atom stereocenters. The molecule has 2 N–H and O–H groups in total. The van der Waals surface area contributed by atoms with Crippen LogP contribution in [-0.2, 0) is 29.3 Å². The number of amides is 1. The first-order valence-electron chi connectivity index (χ1n) is 10.4. The lowest BCUT2D eigenvalue weighted by molar-refractivity contribution is -0.193. The van der Waals surface area contributed by atoms with Crippen molar-refractivity contribution in [3.8, 4) is 5.88 Å². The number of hydrogen-bond donors (Lipinski definition) is 2. The molecule has 12 nitrogen and oxygen atoms in total. The molecule has 3 aromatic heterocycles. The van der Waals surface area contributed by atoms with Crippen LogP contribution in [-0.4, -0.2) is 76.8 Å². The van der Waals surface area contributed by atoms with E-state index in [9.17, 15) is 31.1 Å². The minimum atomic E-state index is -5.08. The van der Waals surface area contributed by atoms with Gasteiger partial charge in [0.05, 0.1) is 24.3 Å². The van der Waals surface area contributed by atoms with Crippen LogP contribution >= 0.6 is 0 Å². The second kappa shape index (κ2) is 13.2. The summed E-state index contributed by atoms with van der Waals surface area (Å²) in [6, 6.07) is 9.00. The highest BCUT2D eigenvalue weighted by atomic mass is 19.4. The zero-order chi connectivity index (χ0) is 29.2. The molecule has 0 saturated carbocycles. The number of carbonyl (C=O) groups is 3. The molecule has 39 heavy (non-hydrogen) atoms. The normalized spacial score (nSPS) is 12.6. The number of aliphatic carboxylic acids is 2. The van der Waals surface area contributed by atoms with Gasteiger partial charge in [-0.3, -0.25) is 9.78 Å². The number of ether oxygens (including phenoxy) is 1. The molecule has 210 valence electrons. The minimum absolute atomic E-state index is 0.0443. The lowest BCUT2D eigenvalue weighted by Crippen LogP contribution is -2.38. The van der Waals surface area contributed by atoms with Gasteiger partial charge in [-0.2, -0.15) is 26.3 Å². The predicted molar refractivity (Wildman–Crippen MR) is 115 cm³/mol. The Morgan fingerprint density at radius 1 is 0.923 bits per heavy atom. The van der Waals surface area contributed by atoms with Gasteiger partial charge in [0.25, 0.3) is 5.91 Å². The number of carboxylic acids is 2. The molecular formula is C21H18F6N6O6. The number of nitrogens with zero attached hydrogens (tertiary/aromatic N) is 6. The van der Waals surface area contributed by atoms with Gasteiger partial charge in [-0.25, -0.2) is 19.3 Å². The van der Waals surface area contributed by atoms with E-state index in [1.165, 1.54) is 0 Å². The number of halogens is 6. The van der Waals surface area contributed by atoms with Gasteiger partial charge < -0.3 is 19.8 Å². The number of pyridine rings is 2. The van der Waals surface area contributed by atoms with Crippen molar-refractivity contribution in [2.45, 2.75) is 32.0 Å². The highest BCUT2D eigenvalue weighted by molar-refractivity contribution is 5.93. The van der Waals surface area contributed by atoms with Gasteiger partial charge in [-0.05, 0) is 18.2 Å². The van der Waals surface area contributed by atoms with Crippen molar-refractivity contribution in [1.29, 1.82) is 0 Å². The summed E-state index contributed by atoms with van der Waals surface area (Å²) in [6.45, 7) is 1.91. The van der Waals surface area contributed by atoms with E-state index in [1.54, 1.807) is 41.7 Å². The van der Waals surface area contributed by atoms with E-state index < -0.39 is 24.3 Å². The van der Waals surface area contributed by atoms with Gasteiger partial charge in [-0.15, -0.1) is 5.10 Å². The number of aromatic nitrogens is 5. The van der Waals surface area contributed by atoms with Crippen LogP contribution in [0.4, 0.5) is 26.3 Å². The molecule has 0 spiro atoms. The summed E-state index contributed by atoms with van der Waals surface area (Å²) < 4.78 is 71.0. The van der Waals surface area contributed by atoms with Crippen LogP contribution in [0.3, 0.4) is 0 Å². The molecule has 4 rings (SSSR count). The zero-order valence-electron chi connectivity index (χ0n) is 19.4. The molecule has 3 aromatic rings. The lowest BCUT2D eigenvalue weighted by Gasteiger charge is -2.27. The summed E-state index contributed by atoms with van der Waals surface area (Å²) >= 11 is 0. The quantitative estimate of drug-likeness (QED) is 0.451. The average molecular weight is 564 g/mol. The van der Waals surface area contributed by atoms with Crippen LogP contribution in [0.15, 0.2) is 48.9 Å². The Morgan fingerprint density at radius 2 is 1.56 bits per heavy atom. The van der Waals surface area contributed by atoms with Crippen LogP contribution in [0.25, 0.3) is 0 Å². The van der Waals surface area contributed by atoms with E-state index in [0.29, 0.717) is 36.8 Å². The third kappa shape index (κ3) is 9.56. The van der Waals surface area contributed by atoms with E-state index in [4.69, 9.17) is 24.5 Å². The SMILES string of the molecule is O=C(O)C(F)(F)F.O=C(O)C(F)(F)F.O=C(c1cccnc1)N1CCn2nnc(COc3ccccn3)c2C1. The average Bonchev–Trinajstić information content (AvgIpc) is 3.30. The lowest BCUT2D eigenvalue weighted by atomic mass is 10.2. The van der Waals surface area contributed by atoms with Crippen molar-refractivity contribution < 1.29 is 55.7 Å². The molecule has 0 saturated heterocycles. The van der Waals surface area contributed by atoms with E-state index in [-0.39, 0.29) is 12.5 Å². The number of fused-ring (bicyclic) bond motifs is 1. The Hall–Kier alpha value is -4.77. The van der Waals surface area contributed by atoms with E-state index in [1.807, 2.05) is 16.8 Å². The molecular weight excluding hydrogens is 546 g/mol. The van der Waals surface area contributed by atoms with Crippen molar-refractivity contribution in [2.75, 3.05) is 6.54 Å². The fraction of sp³-hybridized carbons (Fsp3) is 0.286. The Kier molecular flexibility index (Phi) is 10.3. The number of hydrogen-bond acceptors (Lipinski definition) is 8. The third-order valence-corrected chi connectivity index (χ3v) is 4.52. The molecule has 0 aromatic carbocycles. The monoisotopic (exact) mass is 564 g/mol. The number of carboxylic acid groups (broad SMARTS) is 2. The van der Waals surface area contributed by atoms with Gasteiger partial charge in [0, 0.05) is 31.2 Å². The molecule has 4 heterocycles. The van der Waals surface area contributed by atoms with Crippen LogP contribution in [0, 0.1) is 0 Å². The van der Waals surface area contributed by atoms with Crippen molar-refractivity contribution >= 4 is 17.8 Å². The summed E-state index contributed by atoms with van der Waals surface area (Å²) in [5, 5.41) is 22.6. The van der Waals surface area contributed by atoms with Crippen molar-refractivity contribution in [1.82, 2.24) is 29.9 Å². The van der Waals surface area contributed by atoms with Crippen molar-refractivity contribution in [3.05, 3.63) is 65.9 Å². The van der Waals surface area contributed by atoms with E-state index in [2.05, 4.69) is 20.3 Å². The minimum Gasteiger partial charge on any atom is -0.475 e. The first kappa shape index (κ1) is 30.5. The predicted octanol–water partition coefficient (Wildman–Crippen LogP) is 2.57. The number of rotatable bonds is 4. The summed E-state index contributed by atoms with van der Waals surface area (Å²) in [6.07, 6.45) is -5.26. The molecule has 0 atom stereocenters. The molecule has 18 heteroatoms. The second-order valence-electron chi connectivity index (χ2n) is 7.24. The molecule has 1 amide bonds. The molecule has 1 aliphatic rings. The van der Waals surface area contributed by atoms with Crippen LogP contribution < -0.4 is 4.74 Å². The number of alkyl halides is 6. The van der Waals surface area contributed by atoms with Crippen LogP contribution in [0.1, 0.15) is 21.7 Å². The maximum Gasteiger partial charge on any atom is 0.490 e. The summed E-state index contributed by atoms with van der Waals surface area (Å²) in [7, 11) is 0. The smallest absolute Gasteiger partial charge is 0.475 e. The van der Waals surface area contributed by atoms with Gasteiger partial charge in [-0.1, -0.05) is 11.3 Å². The fourth-order valence-corrected chi connectivity index (χ4v) is 2.73. The second-order valence-corrected chi connectivity index (χ2v) is 7.24. The first-order valence-corrected chi connectivity index (χ1v) is 10.4. The third-order valence-electron chi connectivity index (χ3n) is 4.52. The van der Waals surface area contributed by atoms with Crippen LogP contribution in [0.2, 0.25) is 0 Å². The van der Waals surface area contributed by atoms with E-state index >= 15 is 0 Å². The zero-order valence-corrected chi connectivity index (χ0v) is 19.4. The Labute approximate surface area is 214 Å². The molecule has 0 fully saturated rings. The summed E-state index contributed by atoms with van der Waals surface area (Å²) in [4.78, 5) is 40.3. The highest BCUT2D eigenvalue weighted by Crippen LogP contribution is 2.18. The maximum atomic E-state index is 12.6. The molecule has 0 radical (unpaired) electrons. The molecule has 0 bridgehead atoms. The fourth-order valence-electron chi connectivity index (χ4n) is 2.73. The molecule has 1 aliphatic heterocycles. The van der Waals surface area contributed by atoms with Crippen molar-refractivity contribution in [3.63, 3.8) is 0 Å². The largest absolute Gasteiger partial charge is 0.490 e. The Balaban J connectivity index is 0.000000317. The molecule has 0 aliphatic carbocycles. The highest BCUT2D eigenvalue weighted by Gasteiger charge is 2.38. The van der Waals surface area contributed by atoms with Crippen LogP contribution in [0.5, 0.6) is 5.88 Å². The Bertz CT molecular complexity index is 1230. The van der Waals surface area contributed by atoms with Gasteiger partial charge in [0.2, 0.25) is 5.88 Å². The number of carbonyl (C=O) groups excluding carboxylic acids is 1. The maximum absolute atomic E-state index is 12.6.